The van der Waals surface area contributed by atoms with Crippen molar-refractivity contribution < 1.29 is 4.74 Å². The Balaban J connectivity index is 2.01. The van der Waals surface area contributed by atoms with Gasteiger partial charge in [0, 0.05) is 36.2 Å². The molecule has 2 rings (SSSR count). The molecule has 0 aliphatic carbocycles. The van der Waals surface area contributed by atoms with E-state index in [1.54, 1.807) is 0 Å². The molecule has 1 atom stereocenters. The van der Waals surface area contributed by atoms with E-state index >= 15 is 0 Å². The molecular formula is C18H28N2O. The van der Waals surface area contributed by atoms with E-state index in [9.17, 15) is 0 Å². The number of hydrogen-bond donors (Lipinski definition) is 1. The van der Waals surface area contributed by atoms with E-state index in [2.05, 4.69) is 75.0 Å². The predicted molar refractivity (Wildman–Crippen MR) is 90.0 cm³/mol. The third-order valence-corrected chi connectivity index (χ3v) is 3.93. The van der Waals surface area contributed by atoms with Crippen LogP contribution in [0.2, 0.25) is 0 Å². The van der Waals surface area contributed by atoms with Crippen LogP contribution in [0.5, 0.6) is 5.75 Å². The van der Waals surface area contributed by atoms with Crippen molar-refractivity contribution >= 4 is 10.9 Å². The fourth-order valence-corrected chi connectivity index (χ4v) is 2.37. The Morgan fingerprint density at radius 2 is 1.86 bits per heavy atom. The number of rotatable bonds is 7. The van der Waals surface area contributed by atoms with Crippen molar-refractivity contribution in [1.82, 2.24) is 9.88 Å². The number of fused-ring (bicyclic) bond motifs is 1. The lowest BCUT2D eigenvalue weighted by molar-refractivity contribution is 0.243. The molecule has 0 aliphatic rings. The Morgan fingerprint density at radius 3 is 2.52 bits per heavy atom. The van der Waals surface area contributed by atoms with Gasteiger partial charge < -0.3 is 14.6 Å². The van der Waals surface area contributed by atoms with Crippen LogP contribution in [-0.4, -0.2) is 23.3 Å². The van der Waals surface area contributed by atoms with Crippen molar-refractivity contribution in [3.05, 3.63) is 30.5 Å². The van der Waals surface area contributed by atoms with Crippen LogP contribution in [0.25, 0.3) is 10.9 Å². The molecule has 3 heteroatoms. The van der Waals surface area contributed by atoms with Crippen LogP contribution in [0, 0.1) is 5.92 Å². The standard InChI is InChI=1S/C18H28N2O/c1-13(2)15(5)19-9-11-20-10-8-16-12-17(21-14(3)4)6-7-18(16)20/h6-8,10,12-15,19H,9,11H2,1-5H3. The van der Waals surface area contributed by atoms with E-state index in [0.717, 1.165) is 18.8 Å². The Kier molecular flexibility index (Phi) is 5.29. The van der Waals surface area contributed by atoms with E-state index < -0.39 is 0 Å². The first kappa shape index (κ1) is 15.9. The maximum Gasteiger partial charge on any atom is 0.120 e. The van der Waals surface area contributed by atoms with Crippen LogP contribution in [0.15, 0.2) is 30.5 Å². The van der Waals surface area contributed by atoms with Gasteiger partial charge in [-0.05, 0) is 51.0 Å². The highest BCUT2D eigenvalue weighted by Crippen LogP contribution is 2.22. The van der Waals surface area contributed by atoms with Crippen molar-refractivity contribution in [1.29, 1.82) is 0 Å². The minimum atomic E-state index is 0.214. The maximum atomic E-state index is 5.75. The smallest absolute Gasteiger partial charge is 0.120 e. The number of benzene rings is 1. The van der Waals surface area contributed by atoms with Crippen molar-refractivity contribution in [3.8, 4) is 5.75 Å². The molecule has 0 bridgehead atoms. The molecule has 1 aromatic carbocycles. The fourth-order valence-electron chi connectivity index (χ4n) is 2.37. The molecule has 1 N–H and O–H groups in total. The second-order valence-electron chi connectivity index (χ2n) is 6.38. The molecule has 3 nitrogen and oxygen atoms in total. The molecule has 1 unspecified atom stereocenters. The van der Waals surface area contributed by atoms with Crippen molar-refractivity contribution in [2.75, 3.05) is 6.54 Å². The van der Waals surface area contributed by atoms with Gasteiger partial charge in [0.2, 0.25) is 0 Å². The van der Waals surface area contributed by atoms with E-state index in [1.807, 2.05) is 0 Å². The largest absolute Gasteiger partial charge is 0.491 e. The third-order valence-electron chi connectivity index (χ3n) is 3.93. The average Bonchev–Trinajstić information content (AvgIpc) is 2.80. The summed E-state index contributed by atoms with van der Waals surface area (Å²) >= 11 is 0. The molecular weight excluding hydrogens is 260 g/mol. The summed E-state index contributed by atoms with van der Waals surface area (Å²) in [5, 5.41) is 4.82. The summed E-state index contributed by atoms with van der Waals surface area (Å²) in [6.45, 7) is 12.8. The Hall–Kier alpha value is -1.48. The lowest BCUT2D eigenvalue weighted by Gasteiger charge is -2.17. The molecule has 0 amide bonds. The van der Waals surface area contributed by atoms with Gasteiger partial charge in [-0.25, -0.2) is 0 Å². The van der Waals surface area contributed by atoms with Crippen molar-refractivity contribution in [2.24, 2.45) is 5.92 Å². The van der Waals surface area contributed by atoms with Crippen molar-refractivity contribution in [2.45, 2.75) is 53.3 Å². The van der Waals surface area contributed by atoms with Gasteiger partial charge in [0.25, 0.3) is 0 Å². The number of nitrogens with zero attached hydrogens (tertiary/aromatic N) is 1. The summed E-state index contributed by atoms with van der Waals surface area (Å²) in [4.78, 5) is 0. The van der Waals surface area contributed by atoms with Gasteiger partial charge in [0.15, 0.2) is 0 Å². The minimum Gasteiger partial charge on any atom is -0.491 e. The highest BCUT2D eigenvalue weighted by atomic mass is 16.5. The molecule has 0 spiro atoms. The Bertz CT molecular complexity index is 572. The summed E-state index contributed by atoms with van der Waals surface area (Å²) in [7, 11) is 0. The SMILES string of the molecule is CC(C)Oc1ccc2c(ccn2CCNC(C)C(C)C)c1. The molecule has 1 aromatic heterocycles. The summed E-state index contributed by atoms with van der Waals surface area (Å²) in [5.41, 5.74) is 1.27. The lowest BCUT2D eigenvalue weighted by atomic mass is 10.1. The Morgan fingerprint density at radius 1 is 1.10 bits per heavy atom. The van der Waals surface area contributed by atoms with Crippen LogP contribution < -0.4 is 10.1 Å². The van der Waals surface area contributed by atoms with Gasteiger partial charge in [-0.1, -0.05) is 13.8 Å². The number of nitrogens with one attached hydrogen (secondary N) is 1. The molecule has 1 heterocycles. The predicted octanol–water partition coefficient (Wildman–Crippen LogP) is 4.06. The first-order chi connectivity index (χ1) is 9.97. The highest BCUT2D eigenvalue weighted by Gasteiger charge is 2.07. The summed E-state index contributed by atoms with van der Waals surface area (Å²) in [6, 6.07) is 9.05. The summed E-state index contributed by atoms with van der Waals surface area (Å²) in [6.07, 6.45) is 2.37. The van der Waals surface area contributed by atoms with Crippen molar-refractivity contribution in [3.63, 3.8) is 0 Å². The molecule has 0 aliphatic heterocycles. The van der Waals surface area contributed by atoms with Gasteiger partial charge in [-0.15, -0.1) is 0 Å². The Labute approximate surface area is 128 Å². The first-order valence-electron chi connectivity index (χ1n) is 7.96. The highest BCUT2D eigenvalue weighted by molar-refractivity contribution is 5.81. The molecule has 0 saturated heterocycles. The van der Waals surface area contributed by atoms with Gasteiger partial charge in [-0.3, -0.25) is 0 Å². The molecule has 2 aromatic rings. The molecule has 0 saturated carbocycles. The van der Waals surface area contributed by atoms with E-state index in [-0.39, 0.29) is 6.10 Å². The molecule has 21 heavy (non-hydrogen) atoms. The van der Waals surface area contributed by atoms with E-state index in [4.69, 9.17) is 4.74 Å². The van der Waals surface area contributed by atoms with Gasteiger partial charge >= 0.3 is 0 Å². The van der Waals surface area contributed by atoms with E-state index in [1.165, 1.54) is 10.9 Å². The van der Waals surface area contributed by atoms with Crippen LogP contribution >= 0.6 is 0 Å². The zero-order valence-corrected chi connectivity index (χ0v) is 13.9. The minimum absolute atomic E-state index is 0.214. The molecule has 0 fully saturated rings. The average molecular weight is 288 g/mol. The number of aromatic nitrogens is 1. The summed E-state index contributed by atoms with van der Waals surface area (Å²) in [5.74, 6) is 1.61. The van der Waals surface area contributed by atoms with Crippen LogP contribution in [0.3, 0.4) is 0 Å². The van der Waals surface area contributed by atoms with Gasteiger partial charge in [-0.2, -0.15) is 0 Å². The number of hydrogen-bond acceptors (Lipinski definition) is 2. The topological polar surface area (TPSA) is 26.2 Å². The van der Waals surface area contributed by atoms with Gasteiger partial charge in [0.05, 0.1) is 6.10 Å². The zero-order chi connectivity index (χ0) is 15.4. The first-order valence-corrected chi connectivity index (χ1v) is 7.96. The van der Waals surface area contributed by atoms with E-state index in [0.29, 0.717) is 12.0 Å². The third kappa shape index (κ3) is 4.24. The summed E-state index contributed by atoms with van der Waals surface area (Å²) < 4.78 is 8.05. The molecule has 116 valence electrons. The monoisotopic (exact) mass is 288 g/mol. The second kappa shape index (κ2) is 6.99. The maximum absolute atomic E-state index is 5.75. The van der Waals surface area contributed by atoms with Crippen LogP contribution in [-0.2, 0) is 6.54 Å². The zero-order valence-electron chi connectivity index (χ0n) is 13.9. The lowest BCUT2D eigenvalue weighted by Crippen LogP contribution is -2.33. The number of ether oxygens (including phenoxy) is 1. The quantitative estimate of drug-likeness (QED) is 0.831. The van der Waals surface area contributed by atoms with Crippen LogP contribution in [0.4, 0.5) is 0 Å². The van der Waals surface area contributed by atoms with Crippen LogP contribution in [0.1, 0.15) is 34.6 Å². The second-order valence-corrected chi connectivity index (χ2v) is 6.38. The normalized spacial score (nSPS) is 13.3. The fraction of sp³-hybridized carbons (Fsp3) is 0.556. The molecule has 0 radical (unpaired) electrons. The van der Waals surface area contributed by atoms with Gasteiger partial charge in [0.1, 0.15) is 5.75 Å².